The number of unbranched alkanes of at least 4 members (excludes halogenated alkanes) is 1. The Morgan fingerprint density at radius 3 is 2.19 bits per heavy atom. The summed E-state index contributed by atoms with van der Waals surface area (Å²) in [6.07, 6.45) is 1.85. The van der Waals surface area contributed by atoms with Crippen LogP contribution >= 0.6 is 0 Å². The van der Waals surface area contributed by atoms with E-state index in [4.69, 9.17) is 9.73 Å². The molecule has 0 aliphatic carbocycles. The van der Waals surface area contributed by atoms with E-state index in [-0.39, 0.29) is 12.3 Å². The van der Waals surface area contributed by atoms with Gasteiger partial charge < -0.3 is 20.5 Å². The van der Waals surface area contributed by atoms with Crippen LogP contribution in [0.3, 0.4) is 0 Å². The fraction of sp³-hybridized carbons (Fsp3) is 0.229. The lowest BCUT2D eigenvalue weighted by molar-refractivity contribution is -0.137. The monoisotopic (exact) mass is 563 g/mol. The molecular weight excluding hydrogens is 526 g/mol. The Labute approximate surface area is 247 Å². The maximum atomic E-state index is 13.0. The quantitative estimate of drug-likeness (QED) is 0.111. The van der Waals surface area contributed by atoms with E-state index in [9.17, 15) is 14.7 Å². The van der Waals surface area contributed by atoms with Crippen LogP contribution in [-0.4, -0.2) is 36.3 Å². The molecule has 4 aromatic rings. The summed E-state index contributed by atoms with van der Waals surface area (Å²) in [5.41, 5.74) is 4.79. The van der Waals surface area contributed by atoms with Gasteiger partial charge in [-0.3, -0.25) is 14.6 Å². The van der Waals surface area contributed by atoms with Crippen LogP contribution < -0.4 is 15.4 Å². The van der Waals surface area contributed by atoms with Gasteiger partial charge in [0.1, 0.15) is 5.75 Å². The normalized spacial score (nSPS) is 12.0. The molecule has 42 heavy (non-hydrogen) atoms. The van der Waals surface area contributed by atoms with Gasteiger partial charge in [0.25, 0.3) is 0 Å². The molecule has 1 amide bonds. The fourth-order valence-corrected chi connectivity index (χ4v) is 4.66. The number of hydrogen-bond acceptors (Lipinski definition) is 5. The first-order valence-electron chi connectivity index (χ1n) is 14.2. The van der Waals surface area contributed by atoms with E-state index in [1.165, 1.54) is 5.56 Å². The second-order valence-electron chi connectivity index (χ2n) is 9.94. The van der Waals surface area contributed by atoms with Gasteiger partial charge in [0, 0.05) is 24.1 Å². The van der Waals surface area contributed by atoms with E-state index in [0.717, 1.165) is 42.6 Å². The summed E-state index contributed by atoms with van der Waals surface area (Å²) in [7, 11) is 1.59. The molecule has 0 spiro atoms. The van der Waals surface area contributed by atoms with E-state index in [2.05, 4.69) is 22.8 Å². The van der Waals surface area contributed by atoms with E-state index in [1.807, 2.05) is 84.9 Å². The molecule has 7 nitrogen and oxygen atoms in total. The zero-order valence-electron chi connectivity index (χ0n) is 23.8. The van der Waals surface area contributed by atoms with Crippen molar-refractivity contribution in [2.75, 3.05) is 19.0 Å². The predicted molar refractivity (Wildman–Crippen MR) is 167 cm³/mol. The first kappa shape index (κ1) is 30.2. The van der Waals surface area contributed by atoms with Crippen molar-refractivity contribution in [2.24, 2.45) is 4.99 Å². The van der Waals surface area contributed by atoms with Crippen molar-refractivity contribution in [2.45, 2.75) is 38.3 Å². The molecule has 1 unspecified atom stereocenters. The third-order valence-corrected chi connectivity index (χ3v) is 6.84. The highest BCUT2D eigenvalue weighted by atomic mass is 16.5. The van der Waals surface area contributed by atoms with E-state index < -0.39 is 12.0 Å². The maximum absolute atomic E-state index is 13.0. The van der Waals surface area contributed by atoms with Gasteiger partial charge in [-0.25, -0.2) is 0 Å². The summed E-state index contributed by atoms with van der Waals surface area (Å²) < 4.78 is 5.27. The summed E-state index contributed by atoms with van der Waals surface area (Å²) in [5.74, 6) is -0.345. The number of carboxylic acids is 1. The van der Waals surface area contributed by atoms with E-state index >= 15 is 0 Å². The summed E-state index contributed by atoms with van der Waals surface area (Å²) in [6.45, 7) is 1.64. The van der Waals surface area contributed by atoms with Gasteiger partial charge in [-0.2, -0.15) is 0 Å². The number of carboxylic acid groups (broad SMARTS) is 1. The fourth-order valence-electron chi connectivity index (χ4n) is 4.66. The minimum atomic E-state index is -0.952. The lowest BCUT2D eigenvalue weighted by Crippen LogP contribution is -2.18. The van der Waals surface area contributed by atoms with Crippen molar-refractivity contribution in [1.82, 2.24) is 5.32 Å². The number of anilines is 1. The second-order valence-corrected chi connectivity index (χ2v) is 9.94. The molecule has 0 aliphatic heterocycles. The van der Waals surface area contributed by atoms with Gasteiger partial charge in [0.05, 0.1) is 31.0 Å². The van der Waals surface area contributed by atoms with Crippen molar-refractivity contribution in [3.8, 4) is 5.75 Å². The van der Waals surface area contributed by atoms with Crippen LogP contribution in [0.2, 0.25) is 0 Å². The van der Waals surface area contributed by atoms with Crippen LogP contribution in [0.25, 0.3) is 0 Å². The molecule has 0 fully saturated rings. The van der Waals surface area contributed by atoms with Crippen LogP contribution in [0.15, 0.2) is 114 Å². The number of aliphatic carboxylic acids is 1. The summed E-state index contributed by atoms with van der Waals surface area (Å²) in [4.78, 5) is 29.8. The minimum absolute atomic E-state index is 0.0739. The number of rotatable bonds is 15. The van der Waals surface area contributed by atoms with Crippen LogP contribution in [0.4, 0.5) is 5.69 Å². The van der Waals surface area contributed by atoms with Gasteiger partial charge >= 0.3 is 5.97 Å². The predicted octanol–water partition coefficient (Wildman–Crippen LogP) is 6.65. The lowest BCUT2D eigenvalue weighted by Gasteiger charge is -2.18. The lowest BCUT2D eigenvalue weighted by atomic mass is 9.98. The molecule has 0 radical (unpaired) electrons. The third-order valence-electron chi connectivity index (χ3n) is 6.84. The highest BCUT2D eigenvalue weighted by molar-refractivity contribution is 6.17. The number of amides is 1. The number of carbonyl (C=O) groups is 2. The Bertz CT molecular complexity index is 1450. The Balaban J connectivity index is 1.50. The molecule has 3 N–H and O–H groups in total. The molecule has 0 bridgehead atoms. The van der Waals surface area contributed by atoms with Crippen molar-refractivity contribution in [3.63, 3.8) is 0 Å². The maximum Gasteiger partial charge on any atom is 0.305 e. The summed E-state index contributed by atoms with van der Waals surface area (Å²) in [5, 5.41) is 16.2. The number of aliphatic imine (C=N–C) groups is 1. The first-order valence-corrected chi connectivity index (χ1v) is 14.2. The number of methoxy groups -OCH3 is 1. The molecule has 216 valence electrons. The average Bonchev–Trinajstić information content (AvgIpc) is 3.02. The SMILES string of the molecule is COc1ccc(C(CC(=O)O)N=C(c2ccccc2)c2ccccc2NC(=O)CCCCNCc2ccccc2)cc1. The van der Waals surface area contributed by atoms with Crippen LogP contribution in [0.5, 0.6) is 5.75 Å². The number of carbonyl (C=O) groups excluding carboxylic acids is 1. The molecule has 0 aromatic heterocycles. The van der Waals surface area contributed by atoms with Gasteiger partial charge in [-0.1, -0.05) is 91.0 Å². The number of nitrogens with zero attached hydrogens (tertiary/aromatic N) is 1. The molecular formula is C35H37N3O4. The van der Waals surface area contributed by atoms with Crippen molar-refractivity contribution in [1.29, 1.82) is 0 Å². The molecule has 0 heterocycles. The molecule has 4 aromatic carbocycles. The Kier molecular flexibility index (Phi) is 11.4. The molecule has 1 atom stereocenters. The smallest absolute Gasteiger partial charge is 0.305 e. The van der Waals surface area contributed by atoms with Crippen molar-refractivity contribution in [3.05, 3.63) is 131 Å². The molecule has 0 saturated carbocycles. The highest BCUT2D eigenvalue weighted by Crippen LogP contribution is 2.28. The highest BCUT2D eigenvalue weighted by Gasteiger charge is 2.20. The van der Waals surface area contributed by atoms with Gasteiger partial charge in [0.15, 0.2) is 0 Å². The largest absolute Gasteiger partial charge is 0.497 e. The Hall–Kier alpha value is -4.75. The van der Waals surface area contributed by atoms with Crippen LogP contribution in [0.1, 0.15) is 54.0 Å². The van der Waals surface area contributed by atoms with Gasteiger partial charge in [-0.15, -0.1) is 0 Å². The number of hydrogen-bond donors (Lipinski definition) is 3. The van der Waals surface area contributed by atoms with Gasteiger partial charge in [-0.05, 0) is 48.7 Å². The third kappa shape index (κ3) is 9.14. The van der Waals surface area contributed by atoms with Crippen LogP contribution in [0, 0.1) is 0 Å². The number of para-hydroxylation sites is 1. The first-order chi connectivity index (χ1) is 20.5. The minimum Gasteiger partial charge on any atom is -0.497 e. The van der Waals surface area contributed by atoms with Crippen molar-refractivity contribution >= 4 is 23.3 Å². The van der Waals surface area contributed by atoms with Gasteiger partial charge in [0.2, 0.25) is 5.91 Å². The number of nitrogens with one attached hydrogen (secondary N) is 2. The second kappa shape index (κ2) is 15.9. The van der Waals surface area contributed by atoms with Crippen LogP contribution in [-0.2, 0) is 16.1 Å². The molecule has 4 rings (SSSR count). The number of benzene rings is 4. The Morgan fingerprint density at radius 2 is 1.50 bits per heavy atom. The molecule has 7 heteroatoms. The molecule has 0 aliphatic rings. The summed E-state index contributed by atoms with van der Waals surface area (Å²) >= 11 is 0. The summed E-state index contributed by atoms with van der Waals surface area (Å²) in [6, 6.07) is 34.0. The Morgan fingerprint density at radius 1 is 0.833 bits per heavy atom. The molecule has 0 saturated heterocycles. The topological polar surface area (TPSA) is 100 Å². The zero-order chi connectivity index (χ0) is 29.6. The standard InChI is InChI=1S/C35H37N3O4/c1-42-29-21-19-27(20-22-29)32(24-34(40)41)38-35(28-14-6-3-7-15-28)30-16-8-9-17-31(30)37-33(39)18-10-11-23-36-25-26-12-4-2-5-13-26/h2-9,12-17,19-22,32,36H,10-11,18,23-25H2,1H3,(H,37,39)(H,40,41). The number of ether oxygens (including phenoxy) is 1. The van der Waals surface area contributed by atoms with E-state index in [1.54, 1.807) is 19.2 Å². The van der Waals surface area contributed by atoms with E-state index in [0.29, 0.717) is 23.6 Å². The van der Waals surface area contributed by atoms with Crippen molar-refractivity contribution < 1.29 is 19.4 Å². The average molecular weight is 564 g/mol. The zero-order valence-corrected chi connectivity index (χ0v) is 23.8.